The van der Waals surface area contributed by atoms with Crippen LogP contribution in [0.5, 0.6) is 0 Å². The quantitative estimate of drug-likeness (QED) is 0.706. The van der Waals surface area contributed by atoms with Gasteiger partial charge in [0.1, 0.15) is 11.2 Å². The van der Waals surface area contributed by atoms with E-state index in [1.165, 1.54) is 6.20 Å². The van der Waals surface area contributed by atoms with Crippen molar-refractivity contribution in [2.24, 2.45) is 5.92 Å². The summed E-state index contributed by atoms with van der Waals surface area (Å²) in [5.74, 6) is 2.84. The van der Waals surface area contributed by atoms with Gasteiger partial charge in [-0.15, -0.1) is 0 Å². The van der Waals surface area contributed by atoms with Crippen LogP contribution in [-0.2, 0) is 0 Å². The van der Waals surface area contributed by atoms with Crippen LogP contribution < -0.4 is 0 Å². The third kappa shape index (κ3) is 1.84. The first-order valence-electron chi connectivity index (χ1n) is 5.18. The Bertz CT molecular complexity index is 615. The summed E-state index contributed by atoms with van der Waals surface area (Å²) >= 11 is 0. The van der Waals surface area contributed by atoms with E-state index >= 15 is 0 Å². The molecular weight excluding hydrogens is 226 g/mol. The van der Waals surface area contributed by atoms with Crippen LogP contribution in [0.3, 0.4) is 0 Å². The molecule has 2 aromatic rings. The van der Waals surface area contributed by atoms with E-state index in [0.29, 0.717) is 16.9 Å². The van der Waals surface area contributed by atoms with E-state index in [1.807, 2.05) is 0 Å². The summed E-state index contributed by atoms with van der Waals surface area (Å²) in [4.78, 5) is 8.08. The number of halogens is 2. The van der Waals surface area contributed by atoms with Gasteiger partial charge in [0.15, 0.2) is 0 Å². The number of hydrogen-bond acceptors (Lipinski definition) is 3. The first-order valence-corrected chi connectivity index (χ1v) is 5.18. The van der Waals surface area contributed by atoms with Gasteiger partial charge in [0.25, 0.3) is 5.92 Å². The Morgan fingerprint density at radius 2 is 2.06 bits per heavy atom. The lowest BCUT2D eigenvalue weighted by Crippen LogP contribution is -2.34. The predicted molar refractivity (Wildman–Crippen MR) is 56.2 cm³/mol. The average molecular weight is 234 g/mol. The topological polar surface area (TPSA) is 54.5 Å². The molecule has 0 saturated heterocycles. The number of nitrogens with zero attached hydrogens (tertiary/aromatic N) is 3. The summed E-state index contributed by atoms with van der Waals surface area (Å²) in [6.45, 7) is 0. The summed E-state index contributed by atoms with van der Waals surface area (Å²) in [6.07, 6.45) is 2.77. The van der Waals surface area contributed by atoms with Gasteiger partial charge in [0.2, 0.25) is 5.65 Å². The molecule has 1 fully saturated rings. The lowest BCUT2D eigenvalue weighted by Gasteiger charge is -2.31. The van der Waals surface area contributed by atoms with Crippen molar-refractivity contribution in [3.63, 3.8) is 0 Å². The molecule has 4 nitrogen and oxygen atoms in total. The highest BCUT2D eigenvalue weighted by atomic mass is 19.3. The first-order chi connectivity index (χ1) is 8.14. The number of fused-ring (bicyclic) bond motifs is 1. The van der Waals surface area contributed by atoms with Crippen molar-refractivity contribution >= 4 is 11.2 Å². The fraction of sp³-hybridized carbons (Fsp3) is 0.364. The number of aromatic nitrogens is 4. The summed E-state index contributed by atoms with van der Waals surface area (Å²) in [7, 11) is 0. The molecule has 0 spiro atoms. The van der Waals surface area contributed by atoms with Crippen molar-refractivity contribution in [1.29, 1.82) is 0 Å². The Labute approximate surface area is 95.5 Å². The molecule has 2 aromatic heterocycles. The van der Waals surface area contributed by atoms with Gasteiger partial charge in [-0.2, -0.15) is 5.10 Å². The monoisotopic (exact) mass is 234 g/mol. The van der Waals surface area contributed by atoms with Gasteiger partial charge in [-0.1, -0.05) is 5.92 Å². The average Bonchev–Trinajstić information content (AvgIpc) is 2.67. The van der Waals surface area contributed by atoms with E-state index < -0.39 is 5.92 Å². The minimum Gasteiger partial charge on any atom is -0.266 e. The maximum Gasteiger partial charge on any atom is 0.250 e. The Hall–Kier alpha value is -2.03. The van der Waals surface area contributed by atoms with Crippen LogP contribution in [0.25, 0.3) is 11.2 Å². The fourth-order valence-corrected chi connectivity index (χ4v) is 1.78. The van der Waals surface area contributed by atoms with Crippen LogP contribution in [0.4, 0.5) is 8.78 Å². The van der Waals surface area contributed by atoms with Gasteiger partial charge in [0.05, 0.1) is 0 Å². The van der Waals surface area contributed by atoms with Crippen molar-refractivity contribution in [2.75, 3.05) is 0 Å². The van der Waals surface area contributed by atoms with Gasteiger partial charge in [-0.05, 0) is 5.92 Å². The van der Waals surface area contributed by atoms with Crippen molar-refractivity contribution in [3.8, 4) is 11.8 Å². The molecule has 2 heterocycles. The highest BCUT2D eigenvalue weighted by Gasteiger charge is 2.44. The van der Waals surface area contributed by atoms with Crippen LogP contribution in [0.2, 0.25) is 0 Å². The van der Waals surface area contributed by atoms with E-state index in [2.05, 4.69) is 32.0 Å². The molecular formula is C11H8F2N4. The Balaban J connectivity index is 1.84. The number of alkyl halides is 2. The standard InChI is InChI=1S/C11H8F2N4/c12-11(13)5-7(6-11)1-2-8-9-10(17-16-8)15-4-3-14-9/h3-4,7H,5-6H2,(H,15,16,17). The zero-order valence-corrected chi connectivity index (χ0v) is 8.74. The molecule has 86 valence electrons. The maximum atomic E-state index is 12.6. The molecule has 0 unspecified atom stereocenters. The molecule has 3 rings (SSSR count). The second kappa shape index (κ2) is 3.48. The summed E-state index contributed by atoms with van der Waals surface area (Å²) in [5.41, 5.74) is 1.59. The predicted octanol–water partition coefficient (Wildman–Crippen LogP) is 1.75. The summed E-state index contributed by atoms with van der Waals surface area (Å²) < 4.78 is 25.2. The summed E-state index contributed by atoms with van der Waals surface area (Å²) in [5, 5.41) is 6.62. The van der Waals surface area contributed by atoms with Gasteiger partial charge in [-0.3, -0.25) is 5.10 Å². The molecule has 0 radical (unpaired) electrons. The number of aromatic amines is 1. The van der Waals surface area contributed by atoms with Crippen LogP contribution in [0.15, 0.2) is 12.4 Å². The van der Waals surface area contributed by atoms with Crippen LogP contribution in [0, 0.1) is 17.8 Å². The van der Waals surface area contributed by atoms with E-state index in [4.69, 9.17) is 0 Å². The van der Waals surface area contributed by atoms with Crippen molar-refractivity contribution < 1.29 is 8.78 Å². The molecule has 6 heteroatoms. The lowest BCUT2D eigenvalue weighted by atomic mass is 9.82. The van der Waals surface area contributed by atoms with Crippen LogP contribution >= 0.6 is 0 Å². The van der Waals surface area contributed by atoms with Crippen molar-refractivity contribution in [1.82, 2.24) is 20.2 Å². The van der Waals surface area contributed by atoms with Crippen molar-refractivity contribution in [2.45, 2.75) is 18.8 Å². The van der Waals surface area contributed by atoms with E-state index in [9.17, 15) is 8.78 Å². The highest BCUT2D eigenvalue weighted by Crippen LogP contribution is 2.41. The smallest absolute Gasteiger partial charge is 0.250 e. The molecule has 0 aliphatic heterocycles. The van der Waals surface area contributed by atoms with E-state index in [1.54, 1.807) is 6.20 Å². The molecule has 17 heavy (non-hydrogen) atoms. The molecule has 0 atom stereocenters. The number of hydrogen-bond donors (Lipinski definition) is 1. The molecule has 0 amide bonds. The molecule has 0 aromatic carbocycles. The van der Waals surface area contributed by atoms with Crippen LogP contribution in [-0.4, -0.2) is 26.1 Å². The maximum absolute atomic E-state index is 12.6. The molecule has 1 aliphatic carbocycles. The van der Waals surface area contributed by atoms with Gasteiger partial charge in [-0.25, -0.2) is 18.7 Å². The van der Waals surface area contributed by atoms with Crippen LogP contribution in [0.1, 0.15) is 18.5 Å². The zero-order chi connectivity index (χ0) is 11.9. The minimum absolute atomic E-state index is 0.155. The SMILES string of the molecule is FC1(F)CC(C#Cc2[nH]nc3nccnc23)C1. The zero-order valence-electron chi connectivity index (χ0n) is 8.74. The van der Waals surface area contributed by atoms with Gasteiger partial charge in [0, 0.05) is 31.2 Å². The Kier molecular flexibility index (Phi) is 2.08. The third-order valence-electron chi connectivity index (χ3n) is 2.68. The van der Waals surface area contributed by atoms with E-state index in [0.717, 1.165) is 0 Å². The van der Waals surface area contributed by atoms with Gasteiger partial charge < -0.3 is 0 Å². The Morgan fingerprint density at radius 1 is 1.29 bits per heavy atom. The molecule has 1 saturated carbocycles. The summed E-state index contributed by atoms with van der Waals surface area (Å²) in [6, 6.07) is 0. The minimum atomic E-state index is -2.53. The second-order valence-electron chi connectivity index (χ2n) is 4.06. The van der Waals surface area contributed by atoms with Gasteiger partial charge >= 0.3 is 0 Å². The largest absolute Gasteiger partial charge is 0.266 e. The molecule has 1 aliphatic rings. The van der Waals surface area contributed by atoms with Crippen molar-refractivity contribution in [3.05, 3.63) is 18.1 Å². The second-order valence-corrected chi connectivity index (χ2v) is 4.06. The lowest BCUT2D eigenvalue weighted by molar-refractivity contribution is -0.0936. The molecule has 1 N–H and O–H groups in total. The highest BCUT2D eigenvalue weighted by molar-refractivity contribution is 5.75. The number of H-pyrrole nitrogens is 1. The first kappa shape index (κ1) is 10.1. The normalized spacial score (nSPS) is 18.5. The fourth-order valence-electron chi connectivity index (χ4n) is 1.78. The Morgan fingerprint density at radius 3 is 2.82 bits per heavy atom. The number of nitrogens with one attached hydrogen (secondary N) is 1. The third-order valence-corrected chi connectivity index (χ3v) is 2.68. The molecule has 0 bridgehead atoms. The van der Waals surface area contributed by atoms with E-state index in [-0.39, 0.29) is 18.8 Å². The number of rotatable bonds is 0.